The average molecular weight is 473 g/mol. The summed E-state index contributed by atoms with van der Waals surface area (Å²) in [7, 11) is 0. The number of fused-ring (bicyclic) bond motifs is 1. The molecule has 0 fully saturated rings. The molecule has 0 radical (unpaired) electrons. The van der Waals surface area contributed by atoms with Gasteiger partial charge in [-0.25, -0.2) is 9.79 Å². The van der Waals surface area contributed by atoms with E-state index in [-0.39, 0.29) is 17.6 Å². The topological polar surface area (TPSA) is 82.7 Å². The highest BCUT2D eigenvalue weighted by Crippen LogP contribution is 2.44. The van der Waals surface area contributed by atoms with E-state index in [1.807, 2.05) is 30.3 Å². The maximum atomic E-state index is 11.1. The highest BCUT2D eigenvalue weighted by Gasteiger charge is 2.32. The Hall–Kier alpha value is -3.43. The van der Waals surface area contributed by atoms with Crippen LogP contribution in [-0.2, 0) is 19.4 Å². The minimum absolute atomic E-state index is 0.244. The number of nitriles is 1. The van der Waals surface area contributed by atoms with Crippen LogP contribution in [0.2, 0.25) is 0 Å². The lowest BCUT2D eigenvalue weighted by Gasteiger charge is -2.33. The molecule has 1 atom stereocenters. The fourth-order valence-corrected chi connectivity index (χ4v) is 5.48. The van der Waals surface area contributed by atoms with Crippen LogP contribution in [0, 0.1) is 22.7 Å². The number of carboxylic acid groups (broad SMARTS) is 1. The summed E-state index contributed by atoms with van der Waals surface area (Å²) in [6, 6.07) is 16.7. The predicted molar refractivity (Wildman–Crippen MR) is 135 cm³/mol. The SMILES string of the molecule is CC(C)(C)[C@H]1CCc2c(sc(N=Cc3ccc(OCc4cccc(C(=O)O)c4)cc3)c2C#N)C1. The molecular formula is C28H28N2O3S. The molecule has 0 amide bonds. The largest absolute Gasteiger partial charge is 0.489 e. The van der Waals surface area contributed by atoms with Crippen molar-refractivity contribution < 1.29 is 14.6 Å². The summed E-state index contributed by atoms with van der Waals surface area (Å²) in [5.41, 5.74) is 4.14. The number of hydrogen-bond donors (Lipinski definition) is 1. The van der Waals surface area contributed by atoms with Gasteiger partial charge in [0.15, 0.2) is 0 Å². The third-order valence-corrected chi connectivity index (χ3v) is 7.54. The number of aromatic carboxylic acids is 1. The molecular weight excluding hydrogens is 444 g/mol. The lowest BCUT2D eigenvalue weighted by molar-refractivity contribution is 0.0696. The van der Waals surface area contributed by atoms with Crippen molar-refractivity contribution in [3.05, 3.63) is 81.2 Å². The second-order valence-electron chi connectivity index (χ2n) is 9.72. The molecule has 1 aliphatic carbocycles. The normalized spacial score (nSPS) is 15.6. The van der Waals surface area contributed by atoms with Gasteiger partial charge in [-0.15, -0.1) is 11.3 Å². The van der Waals surface area contributed by atoms with Gasteiger partial charge in [0.05, 0.1) is 11.1 Å². The van der Waals surface area contributed by atoms with Gasteiger partial charge in [0, 0.05) is 11.1 Å². The Balaban J connectivity index is 1.43. The Bertz CT molecular complexity index is 1260. The van der Waals surface area contributed by atoms with Crippen LogP contribution in [0.4, 0.5) is 5.00 Å². The zero-order valence-corrected chi connectivity index (χ0v) is 20.5. The summed E-state index contributed by atoms with van der Waals surface area (Å²) in [5, 5.41) is 19.7. The van der Waals surface area contributed by atoms with E-state index in [9.17, 15) is 10.1 Å². The van der Waals surface area contributed by atoms with Crippen LogP contribution in [0.15, 0.2) is 53.5 Å². The summed E-state index contributed by atoms with van der Waals surface area (Å²) in [6.07, 6.45) is 4.88. The Morgan fingerprint density at radius 1 is 1.26 bits per heavy atom. The Labute approximate surface area is 204 Å². The fraction of sp³-hybridized carbons (Fsp3) is 0.321. The van der Waals surface area contributed by atoms with Crippen molar-refractivity contribution in [2.24, 2.45) is 16.3 Å². The number of rotatable bonds is 6. The minimum Gasteiger partial charge on any atom is -0.489 e. The van der Waals surface area contributed by atoms with Crippen molar-refractivity contribution in [2.75, 3.05) is 0 Å². The van der Waals surface area contributed by atoms with Gasteiger partial charge in [-0.05, 0) is 83.7 Å². The highest BCUT2D eigenvalue weighted by atomic mass is 32.1. The standard InChI is InChI=1S/C28H28N2O3S/c1-28(2,3)21-9-12-23-24(15-29)26(34-25(23)14-21)30-16-18-7-10-22(11-8-18)33-17-19-5-4-6-20(13-19)27(31)32/h4-8,10-11,13,16,21H,9,12,14,17H2,1-3H3,(H,31,32)/t21-/m0/s1. The van der Waals surface area contributed by atoms with Gasteiger partial charge in [-0.1, -0.05) is 32.9 Å². The first-order valence-corrected chi connectivity index (χ1v) is 12.2. The number of ether oxygens (including phenoxy) is 1. The number of aliphatic imine (C=N–C) groups is 1. The van der Waals surface area contributed by atoms with E-state index in [0.29, 0.717) is 11.7 Å². The van der Waals surface area contributed by atoms with Crippen molar-refractivity contribution >= 4 is 28.5 Å². The van der Waals surface area contributed by atoms with Gasteiger partial charge >= 0.3 is 5.97 Å². The first-order valence-electron chi connectivity index (χ1n) is 11.4. The summed E-state index contributed by atoms with van der Waals surface area (Å²) in [4.78, 5) is 17.1. The number of benzene rings is 2. The van der Waals surface area contributed by atoms with E-state index in [1.165, 1.54) is 10.4 Å². The van der Waals surface area contributed by atoms with Crippen LogP contribution < -0.4 is 4.74 Å². The summed E-state index contributed by atoms with van der Waals surface area (Å²) < 4.78 is 5.80. The molecule has 6 heteroatoms. The molecule has 1 heterocycles. The van der Waals surface area contributed by atoms with Crippen LogP contribution in [0.25, 0.3) is 0 Å². The van der Waals surface area contributed by atoms with Crippen molar-refractivity contribution in [1.29, 1.82) is 5.26 Å². The molecule has 34 heavy (non-hydrogen) atoms. The molecule has 0 spiro atoms. The van der Waals surface area contributed by atoms with Gasteiger partial charge in [0.1, 0.15) is 23.4 Å². The molecule has 1 aliphatic rings. The number of nitrogens with zero attached hydrogens (tertiary/aromatic N) is 2. The molecule has 1 aromatic heterocycles. The van der Waals surface area contributed by atoms with Gasteiger partial charge < -0.3 is 9.84 Å². The minimum atomic E-state index is -0.953. The molecule has 0 saturated heterocycles. The molecule has 0 aliphatic heterocycles. The molecule has 3 aromatic rings. The number of carboxylic acids is 1. The number of carbonyl (C=O) groups is 1. The molecule has 174 valence electrons. The van der Waals surface area contributed by atoms with Gasteiger partial charge in [0.2, 0.25) is 0 Å². The Morgan fingerprint density at radius 2 is 2.03 bits per heavy atom. The third-order valence-electron chi connectivity index (χ3n) is 6.37. The van der Waals surface area contributed by atoms with Gasteiger partial charge in [-0.3, -0.25) is 0 Å². The number of thiophene rings is 1. The molecule has 0 saturated carbocycles. The van der Waals surface area contributed by atoms with E-state index >= 15 is 0 Å². The van der Waals surface area contributed by atoms with Crippen LogP contribution in [0.1, 0.15) is 64.7 Å². The Morgan fingerprint density at radius 3 is 2.71 bits per heavy atom. The quantitative estimate of drug-likeness (QED) is 0.400. The highest BCUT2D eigenvalue weighted by molar-refractivity contribution is 7.16. The summed E-state index contributed by atoms with van der Waals surface area (Å²) in [5.74, 6) is 0.363. The fourth-order valence-electron chi connectivity index (χ4n) is 4.26. The summed E-state index contributed by atoms with van der Waals surface area (Å²) in [6.45, 7) is 7.17. The van der Waals surface area contributed by atoms with Gasteiger partial charge in [-0.2, -0.15) is 5.26 Å². The second-order valence-corrected chi connectivity index (χ2v) is 10.8. The third kappa shape index (κ3) is 5.37. The van der Waals surface area contributed by atoms with Crippen molar-refractivity contribution in [3.63, 3.8) is 0 Å². The molecule has 5 nitrogen and oxygen atoms in total. The average Bonchev–Trinajstić information content (AvgIpc) is 3.18. The van der Waals surface area contributed by atoms with Crippen molar-refractivity contribution in [3.8, 4) is 11.8 Å². The van der Waals surface area contributed by atoms with Gasteiger partial charge in [0.25, 0.3) is 0 Å². The maximum absolute atomic E-state index is 11.1. The summed E-state index contributed by atoms with van der Waals surface area (Å²) >= 11 is 1.65. The maximum Gasteiger partial charge on any atom is 0.335 e. The Kier molecular flexibility index (Phi) is 6.85. The monoisotopic (exact) mass is 472 g/mol. The van der Waals surface area contributed by atoms with Crippen LogP contribution in [0.3, 0.4) is 0 Å². The van der Waals surface area contributed by atoms with E-state index in [2.05, 4.69) is 31.8 Å². The van der Waals surface area contributed by atoms with Crippen molar-refractivity contribution in [2.45, 2.75) is 46.6 Å². The first kappa shape index (κ1) is 23.7. The van der Waals surface area contributed by atoms with E-state index in [4.69, 9.17) is 9.84 Å². The van der Waals surface area contributed by atoms with E-state index in [1.54, 1.807) is 35.8 Å². The zero-order chi connectivity index (χ0) is 24.3. The molecule has 0 unspecified atom stereocenters. The number of hydrogen-bond acceptors (Lipinski definition) is 5. The molecule has 0 bridgehead atoms. The van der Waals surface area contributed by atoms with E-state index in [0.717, 1.165) is 41.0 Å². The first-order chi connectivity index (χ1) is 16.2. The van der Waals surface area contributed by atoms with Crippen LogP contribution >= 0.6 is 11.3 Å². The van der Waals surface area contributed by atoms with Crippen LogP contribution in [0.5, 0.6) is 5.75 Å². The van der Waals surface area contributed by atoms with Crippen LogP contribution in [-0.4, -0.2) is 17.3 Å². The lowest BCUT2D eigenvalue weighted by Crippen LogP contribution is -2.26. The van der Waals surface area contributed by atoms with E-state index < -0.39 is 5.97 Å². The predicted octanol–water partition coefficient (Wildman–Crippen LogP) is 6.80. The molecule has 4 rings (SSSR count). The van der Waals surface area contributed by atoms with Crippen molar-refractivity contribution in [1.82, 2.24) is 0 Å². The molecule has 2 aromatic carbocycles. The second kappa shape index (κ2) is 9.82. The zero-order valence-electron chi connectivity index (χ0n) is 19.7. The smallest absolute Gasteiger partial charge is 0.335 e. The lowest BCUT2D eigenvalue weighted by atomic mass is 9.72. The molecule has 1 N–H and O–H groups in total.